The number of ether oxygens (including phenoxy) is 1. The van der Waals surface area contributed by atoms with Gasteiger partial charge in [-0.2, -0.15) is 5.26 Å². The fourth-order valence-electron chi connectivity index (χ4n) is 3.27. The van der Waals surface area contributed by atoms with Crippen molar-refractivity contribution in [3.05, 3.63) is 100 Å². The van der Waals surface area contributed by atoms with Gasteiger partial charge in [0, 0.05) is 11.3 Å². The molecule has 0 aliphatic carbocycles. The highest BCUT2D eigenvalue weighted by Gasteiger charge is 2.11. The van der Waals surface area contributed by atoms with E-state index in [-0.39, 0.29) is 5.57 Å². The van der Waals surface area contributed by atoms with Crippen LogP contribution in [0.4, 0.5) is 5.69 Å². The molecule has 0 fully saturated rings. The molecule has 0 saturated carbocycles. The minimum absolute atomic E-state index is 0.0129. The molecule has 0 heterocycles. The van der Waals surface area contributed by atoms with Crippen molar-refractivity contribution in [2.75, 3.05) is 5.32 Å². The van der Waals surface area contributed by atoms with Crippen molar-refractivity contribution in [1.29, 1.82) is 5.26 Å². The molecule has 1 N–H and O–H groups in total. The van der Waals surface area contributed by atoms with Gasteiger partial charge in [0.15, 0.2) is 0 Å². The predicted octanol–water partition coefficient (Wildman–Crippen LogP) is 5.74. The van der Waals surface area contributed by atoms with E-state index < -0.39 is 5.91 Å². The number of aryl methyl sites for hydroxylation is 3. The number of rotatable bonds is 6. The lowest BCUT2D eigenvalue weighted by atomic mass is 10.1. The highest BCUT2D eigenvalue weighted by Crippen LogP contribution is 2.23. The summed E-state index contributed by atoms with van der Waals surface area (Å²) < 4.78 is 6.01. The minimum Gasteiger partial charge on any atom is -0.488 e. The molecular formula is C26H24N2O2. The molecule has 0 aromatic heterocycles. The molecule has 4 heteroatoms. The van der Waals surface area contributed by atoms with Gasteiger partial charge in [0.25, 0.3) is 5.91 Å². The van der Waals surface area contributed by atoms with Gasteiger partial charge in [-0.1, -0.05) is 59.7 Å². The van der Waals surface area contributed by atoms with Crippen LogP contribution in [0.25, 0.3) is 6.08 Å². The zero-order valence-electron chi connectivity index (χ0n) is 17.4. The van der Waals surface area contributed by atoms with Crippen molar-refractivity contribution in [2.24, 2.45) is 0 Å². The molecule has 0 atom stereocenters. The third-order valence-electron chi connectivity index (χ3n) is 4.54. The van der Waals surface area contributed by atoms with Gasteiger partial charge in [0.1, 0.15) is 24.0 Å². The fourth-order valence-corrected chi connectivity index (χ4v) is 3.27. The Balaban J connectivity index is 1.79. The number of anilines is 1. The molecule has 0 spiro atoms. The topological polar surface area (TPSA) is 62.1 Å². The van der Waals surface area contributed by atoms with E-state index >= 15 is 0 Å². The van der Waals surface area contributed by atoms with Crippen LogP contribution < -0.4 is 10.1 Å². The van der Waals surface area contributed by atoms with Crippen LogP contribution in [0.2, 0.25) is 0 Å². The molecule has 3 aromatic rings. The summed E-state index contributed by atoms with van der Waals surface area (Å²) in [5.41, 5.74) is 5.81. The normalized spacial score (nSPS) is 10.9. The Morgan fingerprint density at radius 1 is 0.967 bits per heavy atom. The van der Waals surface area contributed by atoms with Crippen LogP contribution in [0.15, 0.2) is 72.3 Å². The van der Waals surface area contributed by atoms with Crippen molar-refractivity contribution in [2.45, 2.75) is 27.4 Å². The smallest absolute Gasteiger partial charge is 0.266 e. The summed E-state index contributed by atoms with van der Waals surface area (Å²) >= 11 is 0. The maximum Gasteiger partial charge on any atom is 0.266 e. The summed E-state index contributed by atoms with van der Waals surface area (Å²) in [7, 11) is 0. The molecule has 0 unspecified atom stereocenters. The van der Waals surface area contributed by atoms with Crippen LogP contribution in [-0.2, 0) is 11.4 Å². The van der Waals surface area contributed by atoms with Crippen LogP contribution in [-0.4, -0.2) is 5.91 Å². The first-order valence-electron chi connectivity index (χ1n) is 9.73. The Kier molecular flexibility index (Phi) is 6.67. The monoisotopic (exact) mass is 396 g/mol. The molecule has 3 aromatic carbocycles. The average Bonchev–Trinajstić information content (AvgIpc) is 2.70. The van der Waals surface area contributed by atoms with Gasteiger partial charge in [-0.25, -0.2) is 0 Å². The van der Waals surface area contributed by atoms with E-state index in [4.69, 9.17) is 4.74 Å². The molecule has 1 amide bonds. The predicted molar refractivity (Wildman–Crippen MR) is 120 cm³/mol. The number of para-hydroxylation sites is 1. The third kappa shape index (κ3) is 5.59. The lowest BCUT2D eigenvalue weighted by Gasteiger charge is -2.11. The van der Waals surface area contributed by atoms with Crippen LogP contribution in [0.5, 0.6) is 5.75 Å². The van der Waals surface area contributed by atoms with Gasteiger partial charge in [-0.15, -0.1) is 0 Å². The first-order chi connectivity index (χ1) is 14.4. The number of benzene rings is 3. The maximum atomic E-state index is 12.6. The average molecular weight is 396 g/mol. The molecule has 3 rings (SSSR count). The van der Waals surface area contributed by atoms with Crippen molar-refractivity contribution >= 4 is 17.7 Å². The molecule has 0 aliphatic heterocycles. The summed E-state index contributed by atoms with van der Waals surface area (Å²) in [5, 5.41) is 12.3. The van der Waals surface area contributed by atoms with Gasteiger partial charge < -0.3 is 10.1 Å². The molecule has 0 aliphatic rings. The fraction of sp³-hybridized carbons (Fsp3) is 0.154. The number of amides is 1. The maximum absolute atomic E-state index is 12.6. The van der Waals surface area contributed by atoms with E-state index in [1.807, 2.05) is 55.5 Å². The number of hydrogen-bond acceptors (Lipinski definition) is 3. The van der Waals surface area contributed by atoms with Crippen molar-refractivity contribution < 1.29 is 9.53 Å². The van der Waals surface area contributed by atoms with Crippen molar-refractivity contribution in [3.63, 3.8) is 0 Å². The zero-order valence-corrected chi connectivity index (χ0v) is 17.4. The summed E-state index contributed by atoms with van der Waals surface area (Å²) in [6.07, 6.45) is 1.56. The van der Waals surface area contributed by atoms with E-state index in [0.717, 1.165) is 11.1 Å². The Hall–Kier alpha value is -3.84. The number of nitriles is 1. The Bertz CT molecular complexity index is 1120. The van der Waals surface area contributed by atoms with Gasteiger partial charge in [-0.3, -0.25) is 4.79 Å². The lowest BCUT2D eigenvalue weighted by Crippen LogP contribution is -2.13. The molecule has 0 saturated heterocycles. The van der Waals surface area contributed by atoms with Gasteiger partial charge in [0.2, 0.25) is 0 Å². The zero-order chi connectivity index (χ0) is 21.5. The summed E-state index contributed by atoms with van der Waals surface area (Å²) in [4.78, 5) is 12.6. The highest BCUT2D eigenvalue weighted by molar-refractivity contribution is 6.09. The van der Waals surface area contributed by atoms with Crippen molar-refractivity contribution in [1.82, 2.24) is 0 Å². The van der Waals surface area contributed by atoms with Crippen LogP contribution >= 0.6 is 0 Å². The Morgan fingerprint density at radius 2 is 1.70 bits per heavy atom. The number of carbonyl (C=O) groups excluding carboxylic acids is 1. The molecule has 4 nitrogen and oxygen atoms in total. The number of hydrogen-bond donors (Lipinski definition) is 1. The molecule has 30 heavy (non-hydrogen) atoms. The van der Waals surface area contributed by atoms with E-state index in [1.54, 1.807) is 12.1 Å². The van der Waals surface area contributed by atoms with E-state index in [1.165, 1.54) is 11.1 Å². The molecule has 0 bridgehead atoms. The van der Waals surface area contributed by atoms with E-state index in [9.17, 15) is 10.1 Å². The molecule has 0 radical (unpaired) electrons. The van der Waals surface area contributed by atoms with Crippen LogP contribution in [0.3, 0.4) is 0 Å². The van der Waals surface area contributed by atoms with Crippen LogP contribution in [0, 0.1) is 32.1 Å². The van der Waals surface area contributed by atoms with Gasteiger partial charge >= 0.3 is 0 Å². The molecular weight excluding hydrogens is 372 g/mol. The Morgan fingerprint density at radius 3 is 2.40 bits per heavy atom. The number of nitrogens with zero attached hydrogens (tertiary/aromatic N) is 1. The first kappa shape index (κ1) is 20.9. The second-order valence-corrected chi connectivity index (χ2v) is 7.32. The van der Waals surface area contributed by atoms with Gasteiger partial charge in [0.05, 0.1) is 0 Å². The van der Waals surface area contributed by atoms with E-state index in [2.05, 4.69) is 37.4 Å². The summed E-state index contributed by atoms with van der Waals surface area (Å²) in [5.74, 6) is 0.167. The third-order valence-corrected chi connectivity index (χ3v) is 4.54. The second-order valence-electron chi connectivity index (χ2n) is 7.32. The van der Waals surface area contributed by atoms with Crippen LogP contribution in [0.1, 0.15) is 27.8 Å². The highest BCUT2D eigenvalue weighted by atomic mass is 16.5. The molecule has 150 valence electrons. The lowest BCUT2D eigenvalue weighted by molar-refractivity contribution is -0.112. The quantitative estimate of drug-likeness (QED) is 0.427. The number of nitrogens with one attached hydrogen (secondary N) is 1. The SMILES string of the molecule is Cc1cc(C)cc(COc2ccccc2/C=C(\C#N)C(=O)Nc2cccc(C)c2)c1. The van der Waals surface area contributed by atoms with Crippen molar-refractivity contribution in [3.8, 4) is 11.8 Å². The first-order valence-corrected chi connectivity index (χ1v) is 9.73. The second kappa shape index (κ2) is 9.58. The standard InChI is InChI=1S/C26H24N2O2/c1-18-7-6-9-24(14-18)28-26(29)23(16-27)15-22-8-4-5-10-25(22)30-17-21-12-19(2)11-20(3)13-21/h4-15H,17H2,1-3H3,(H,28,29)/b23-15+. The van der Waals surface area contributed by atoms with E-state index in [0.29, 0.717) is 23.6 Å². The largest absolute Gasteiger partial charge is 0.488 e. The summed E-state index contributed by atoms with van der Waals surface area (Å²) in [6.45, 7) is 6.46. The number of carbonyl (C=O) groups is 1. The minimum atomic E-state index is -0.452. The Labute approximate surface area is 177 Å². The van der Waals surface area contributed by atoms with Gasteiger partial charge in [-0.05, 0) is 56.2 Å². The summed E-state index contributed by atoms with van der Waals surface area (Å²) in [6, 6.07) is 23.1.